The molecule has 1 unspecified atom stereocenters. The molecule has 1 aromatic carbocycles. The van der Waals surface area contributed by atoms with E-state index in [4.69, 9.17) is 5.26 Å². The molecule has 1 fully saturated rings. The lowest BCUT2D eigenvalue weighted by atomic mass is 9.92. The summed E-state index contributed by atoms with van der Waals surface area (Å²) in [5.41, 5.74) is 0.0566. The zero-order valence-corrected chi connectivity index (χ0v) is 11.4. The number of carboxylic acid groups (broad SMARTS) is 1. The third-order valence-electron chi connectivity index (χ3n) is 4.16. The summed E-state index contributed by atoms with van der Waals surface area (Å²) in [6.07, 6.45) is 1.90. The van der Waals surface area contributed by atoms with E-state index < -0.39 is 17.3 Å². The molecule has 0 amide bonds. The zero-order valence-electron chi connectivity index (χ0n) is 11.4. The molecule has 20 heavy (non-hydrogen) atoms. The molecular weight excluding hydrogens is 259 g/mol. The molecule has 1 aromatic rings. The van der Waals surface area contributed by atoms with E-state index in [0.717, 1.165) is 6.42 Å². The fourth-order valence-electron chi connectivity index (χ4n) is 2.97. The van der Waals surface area contributed by atoms with Crippen LogP contribution in [-0.4, -0.2) is 28.1 Å². The summed E-state index contributed by atoms with van der Waals surface area (Å²) in [6, 6.07) is 6.04. The standard InChI is InChI=1S/C15H17FN2O2/c1-2-15(14(19)20)6-3-7-18(15)10-12-8-13(16)5-4-11(12)9-17/h4-5,8H,2-3,6-7,10H2,1H3,(H,19,20). The van der Waals surface area contributed by atoms with Crippen LogP contribution in [0.1, 0.15) is 37.3 Å². The number of aliphatic carboxylic acids is 1. The zero-order chi connectivity index (χ0) is 14.8. The predicted molar refractivity (Wildman–Crippen MR) is 71.4 cm³/mol. The van der Waals surface area contributed by atoms with Crippen LogP contribution in [0.15, 0.2) is 18.2 Å². The van der Waals surface area contributed by atoms with Crippen molar-refractivity contribution in [3.63, 3.8) is 0 Å². The van der Waals surface area contributed by atoms with Crippen LogP contribution in [0.4, 0.5) is 4.39 Å². The average Bonchev–Trinajstić information content (AvgIpc) is 2.83. The smallest absolute Gasteiger partial charge is 0.324 e. The van der Waals surface area contributed by atoms with Crippen molar-refractivity contribution in [1.82, 2.24) is 4.90 Å². The van der Waals surface area contributed by atoms with Gasteiger partial charge in [-0.3, -0.25) is 9.69 Å². The molecule has 1 atom stereocenters. The van der Waals surface area contributed by atoms with E-state index in [9.17, 15) is 14.3 Å². The molecule has 106 valence electrons. The molecule has 4 nitrogen and oxygen atoms in total. The Morgan fingerprint density at radius 2 is 2.35 bits per heavy atom. The third kappa shape index (κ3) is 2.39. The largest absolute Gasteiger partial charge is 0.480 e. The first-order valence-corrected chi connectivity index (χ1v) is 6.70. The minimum Gasteiger partial charge on any atom is -0.480 e. The van der Waals surface area contributed by atoms with Crippen molar-refractivity contribution in [1.29, 1.82) is 5.26 Å². The molecule has 1 saturated heterocycles. The fraction of sp³-hybridized carbons (Fsp3) is 0.467. The topological polar surface area (TPSA) is 64.3 Å². The number of rotatable bonds is 4. The summed E-state index contributed by atoms with van der Waals surface area (Å²) in [7, 11) is 0. The van der Waals surface area contributed by atoms with E-state index in [1.165, 1.54) is 18.2 Å². The van der Waals surface area contributed by atoms with Gasteiger partial charge in [0.25, 0.3) is 0 Å². The summed E-state index contributed by atoms with van der Waals surface area (Å²) in [4.78, 5) is 13.4. The number of nitriles is 1. The van der Waals surface area contributed by atoms with Crippen molar-refractivity contribution < 1.29 is 14.3 Å². The lowest BCUT2D eigenvalue weighted by molar-refractivity contribution is -0.150. The third-order valence-corrected chi connectivity index (χ3v) is 4.16. The maximum atomic E-state index is 13.3. The number of halogens is 1. The molecule has 2 rings (SSSR count). The van der Waals surface area contributed by atoms with Crippen molar-refractivity contribution in [3.8, 4) is 6.07 Å². The Hall–Kier alpha value is -1.93. The second-order valence-corrected chi connectivity index (χ2v) is 5.13. The van der Waals surface area contributed by atoms with Crippen molar-refractivity contribution in [2.75, 3.05) is 6.54 Å². The Morgan fingerprint density at radius 1 is 1.60 bits per heavy atom. The Kier molecular flexibility index (Phi) is 4.05. The normalized spacial score (nSPS) is 22.6. The van der Waals surface area contributed by atoms with E-state index >= 15 is 0 Å². The van der Waals surface area contributed by atoms with Gasteiger partial charge in [-0.15, -0.1) is 0 Å². The number of nitrogens with zero attached hydrogens (tertiary/aromatic N) is 2. The van der Waals surface area contributed by atoms with Gasteiger partial charge in [-0.05, 0) is 49.6 Å². The highest BCUT2D eigenvalue weighted by Crippen LogP contribution is 2.34. The van der Waals surface area contributed by atoms with Gasteiger partial charge in [0.15, 0.2) is 0 Å². The van der Waals surface area contributed by atoms with E-state index in [-0.39, 0.29) is 0 Å². The number of benzene rings is 1. The van der Waals surface area contributed by atoms with Crippen LogP contribution in [-0.2, 0) is 11.3 Å². The SMILES string of the molecule is CCC1(C(=O)O)CCCN1Cc1cc(F)ccc1C#N. The second kappa shape index (κ2) is 5.59. The second-order valence-electron chi connectivity index (χ2n) is 5.13. The minimum absolute atomic E-state index is 0.292. The van der Waals surface area contributed by atoms with Crippen LogP contribution in [0.2, 0.25) is 0 Å². The predicted octanol–water partition coefficient (Wildman–Crippen LogP) is 2.53. The molecule has 1 N–H and O–H groups in total. The quantitative estimate of drug-likeness (QED) is 0.917. The highest BCUT2D eigenvalue weighted by Gasteiger charge is 2.46. The van der Waals surface area contributed by atoms with Gasteiger partial charge in [0, 0.05) is 6.54 Å². The van der Waals surface area contributed by atoms with E-state index in [0.29, 0.717) is 37.1 Å². The summed E-state index contributed by atoms with van der Waals surface area (Å²) in [6.45, 7) is 2.80. The lowest BCUT2D eigenvalue weighted by Gasteiger charge is -2.34. The number of carboxylic acids is 1. The highest BCUT2D eigenvalue weighted by atomic mass is 19.1. The van der Waals surface area contributed by atoms with Crippen LogP contribution in [0.5, 0.6) is 0 Å². The summed E-state index contributed by atoms with van der Waals surface area (Å²) >= 11 is 0. The van der Waals surface area contributed by atoms with Crippen molar-refractivity contribution in [2.24, 2.45) is 0 Å². The summed E-state index contributed by atoms with van der Waals surface area (Å²) < 4.78 is 13.3. The van der Waals surface area contributed by atoms with Gasteiger partial charge in [0.1, 0.15) is 11.4 Å². The minimum atomic E-state index is -0.890. The van der Waals surface area contributed by atoms with Crippen LogP contribution >= 0.6 is 0 Å². The monoisotopic (exact) mass is 276 g/mol. The molecule has 0 radical (unpaired) electrons. The Bertz CT molecular complexity index is 567. The van der Waals surface area contributed by atoms with Gasteiger partial charge in [-0.1, -0.05) is 6.92 Å². The molecule has 0 aliphatic carbocycles. The molecule has 1 aliphatic rings. The highest BCUT2D eigenvalue weighted by molar-refractivity contribution is 5.79. The molecule has 0 aromatic heterocycles. The van der Waals surface area contributed by atoms with Crippen LogP contribution in [0.3, 0.4) is 0 Å². The van der Waals surface area contributed by atoms with Crippen LogP contribution < -0.4 is 0 Å². The van der Waals surface area contributed by atoms with Crippen molar-refractivity contribution in [3.05, 3.63) is 35.1 Å². The molecular formula is C15H17FN2O2. The first-order chi connectivity index (χ1) is 9.53. The van der Waals surface area contributed by atoms with Crippen LogP contribution in [0, 0.1) is 17.1 Å². The molecule has 1 aliphatic heterocycles. The van der Waals surface area contributed by atoms with Crippen molar-refractivity contribution >= 4 is 5.97 Å². The Balaban J connectivity index is 2.32. The average molecular weight is 276 g/mol. The van der Waals surface area contributed by atoms with E-state index in [1.807, 2.05) is 17.9 Å². The Labute approximate surface area is 117 Å². The number of hydrogen-bond donors (Lipinski definition) is 1. The molecule has 5 heteroatoms. The first kappa shape index (κ1) is 14.5. The number of hydrogen-bond acceptors (Lipinski definition) is 3. The molecule has 0 saturated carbocycles. The van der Waals surface area contributed by atoms with Gasteiger partial charge >= 0.3 is 5.97 Å². The maximum Gasteiger partial charge on any atom is 0.324 e. The fourth-order valence-corrected chi connectivity index (χ4v) is 2.97. The maximum absolute atomic E-state index is 13.3. The van der Waals surface area contributed by atoms with Gasteiger partial charge in [-0.25, -0.2) is 4.39 Å². The number of likely N-dealkylation sites (tertiary alicyclic amines) is 1. The first-order valence-electron chi connectivity index (χ1n) is 6.70. The van der Waals surface area contributed by atoms with Gasteiger partial charge in [-0.2, -0.15) is 5.26 Å². The molecule has 0 bridgehead atoms. The van der Waals surface area contributed by atoms with Crippen molar-refractivity contribution in [2.45, 2.75) is 38.3 Å². The van der Waals surface area contributed by atoms with Gasteiger partial charge in [0.2, 0.25) is 0 Å². The van der Waals surface area contributed by atoms with E-state index in [2.05, 4.69) is 0 Å². The van der Waals surface area contributed by atoms with E-state index in [1.54, 1.807) is 0 Å². The number of carbonyl (C=O) groups is 1. The lowest BCUT2D eigenvalue weighted by Crippen LogP contribution is -2.49. The van der Waals surface area contributed by atoms with Crippen LogP contribution in [0.25, 0.3) is 0 Å². The summed E-state index contributed by atoms with van der Waals surface area (Å²) in [5, 5.41) is 18.6. The summed E-state index contributed by atoms with van der Waals surface area (Å²) in [5.74, 6) is -1.25. The Morgan fingerprint density at radius 3 is 2.95 bits per heavy atom. The van der Waals surface area contributed by atoms with Gasteiger partial charge in [0.05, 0.1) is 11.6 Å². The molecule has 0 spiro atoms. The molecule has 1 heterocycles. The van der Waals surface area contributed by atoms with Gasteiger partial charge < -0.3 is 5.11 Å².